The van der Waals surface area contributed by atoms with Crippen LogP contribution >= 0.6 is 11.6 Å². The Kier molecular flexibility index (Phi) is 5.51. The van der Waals surface area contributed by atoms with Crippen LogP contribution in [0.15, 0.2) is 42.5 Å². The Labute approximate surface area is 164 Å². The summed E-state index contributed by atoms with van der Waals surface area (Å²) in [4.78, 5) is 26.0. The molecule has 2 N–H and O–H groups in total. The van der Waals surface area contributed by atoms with Crippen molar-refractivity contribution in [1.82, 2.24) is 5.32 Å². The molecule has 0 bridgehead atoms. The van der Waals surface area contributed by atoms with Crippen LogP contribution in [0.2, 0.25) is 5.02 Å². The van der Waals surface area contributed by atoms with Gasteiger partial charge in [-0.3, -0.25) is 4.79 Å². The van der Waals surface area contributed by atoms with Crippen molar-refractivity contribution in [2.75, 3.05) is 16.8 Å². The quantitative estimate of drug-likeness (QED) is 0.775. The summed E-state index contributed by atoms with van der Waals surface area (Å²) in [6, 6.07) is 8.86. The van der Waals surface area contributed by atoms with Gasteiger partial charge in [-0.05, 0) is 37.3 Å². The first-order valence-corrected chi connectivity index (χ1v) is 8.82. The molecular weight excluding hydrogens is 395 g/mol. The number of alkyl halides is 3. The SMILES string of the molecule is Cc1ccc(N2CC(NC(=O)Nc3cc(C(F)(F)F)ccc3Cl)CC2=O)cc1. The summed E-state index contributed by atoms with van der Waals surface area (Å²) in [6.45, 7) is 2.20. The summed E-state index contributed by atoms with van der Waals surface area (Å²) >= 11 is 5.87. The molecule has 0 saturated carbocycles. The van der Waals surface area contributed by atoms with E-state index in [1.165, 1.54) is 0 Å². The Morgan fingerprint density at radius 1 is 1.18 bits per heavy atom. The molecule has 1 fully saturated rings. The molecule has 1 unspecified atom stereocenters. The molecule has 2 aromatic carbocycles. The average Bonchev–Trinajstić information content (AvgIpc) is 2.96. The third-order valence-corrected chi connectivity index (χ3v) is 4.68. The molecular formula is C19H17ClF3N3O2. The molecule has 3 rings (SSSR count). The second-order valence-corrected chi connectivity index (χ2v) is 6.94. The number of benzene rings is 2. The fraction of sp³-hybridized carbons (Fsp3) is 0.263. The number of nitrogens with zero attached hydrogens (tertiary/aromatic N) is 1. The Hall–Kier alpha value is -2.74. The van der Waals surface area contributed by atoms with Crippen molar-refractivity contribution in [2.24, 2.45) is 0 Å². The first kappa shape index (κ1) is 20.0. The fourth-order valence-electron chi connectivity index (χ4n) is 2.92. The van der Waals surface area contributed by atoms with E-state index in [4.69, 9.17) is 11.6 Å². The lowest BCUT2D eigenvalue weighted by molar-refractivity contribution is -0.137. The topological polar surface area (TPSA) is 61.4 Å². The van der Waals surface area contributed by atoms with Crippen molar-refractivity contribution in [3.63, 3.8) is 0 Å². The minimum absolute atomic E-state index is 0.0214. The van der Waals surface area contributed by atoms with Crippen LogP contribution in [0.4, 0.5) is 29.3 Å². The standard InChI is InChI=1S/C19H17ClF3N3O2/c1-11-2-5-14(6-3-11)26-10-13(9-17(26)27)24-18(28)25-16-8-12(19(21,22)23)4-7-15(16)20/h2-8,13H,9-10H2,1H3,(H2,24,25,28). The van der Waals surface area contributed by atoms with Crippen molar-refractivity contribution in [3.05, 3.63) is 58.6 Å². The molecule has 2 aromatic rings. The van der Waals surface area contributed by atoms with E-state index >= 15 is 0 Å². The van der Waals surface area contributed by atoms with Crippen molar-refractivity contribution >= 4 is 34.9 Å². The Bertz CT molecular complexity index is 900. The monoisotopic (exact) mass is 411 g/mol. The summed E-state index contributed by atoms with van der Waals surface area (Å²) in [6.07, 6.45) is -4.46. The van der Waals surface area contributed by atoms with E-state index in [1.807, 2.05) is 31.2 Å². The third kappa shape index (κ3) is 4.56. The Balaban J connectivity index is 1.64. The second-order valence-electron chi connectivity index (χ2n) is 6.53. The van der Waals surface area contributed by atoms with E-state index in [9.17, 15) is 22.8 Å². The number of carbonyl (C=O) groups excluding carboxylic acids is 2. The highest BCUT2D eigenvalue weighted by molar-refractivity contribution is 6.33. The normalized spacial score (nSPS) is 17.0. The van der Waals surface area contributed by atoms with Crippen molar-refractivity contribution in [3.8, 4) is 0 Å². The van der Waals surface area contributed by atoms with Gasteiger partial charge in [0.15, 0.2) is 0 Å². The molecule has 28 heavy (non-hydrogen) atoms. The first-order valence-electron chi connectivity index (χ1n) is 8.45. The lowest BCUT2D eigenvalue weighted by Crippen LogP contribution is -2.39. The van der Waals surface area contributed by atoms with Crippen LogP contribution in [0.1, 0.15) is 17.5 Å². The van der Waals surface area contributed by atoms with Gasteiger partial charge in [0.1, 0.15) is 0 Å². The molecule has 9 heteroatoms. The molecule has 1 aliphatic rings. The largest absolute Gasteiger partial charge is 0.416 e. The van der Waals surface area contributed by atoms with Gasteiger partial charge in [-0.2, -0.15) is 13.2 Å². The third-order valence-electron chi connectivity index (χ3n) is 4.35. The van der Waals surface area contributed by atoms with E-state index in [0.717, 1.165) is 29.4 Å². The highest BCUT2D eigenvalue weighted by Gasteiger charge is 2.33. The van der Waals surface area contributed by atoms with Gasteiger partial charge < -0.3 is 15.5 Å². The van der Waals surface area contributed by atoms with E-state index in [1.54, 1.807) is 4.90 Å². The Morgan fingerprint density at radius 2 is 1.86 bits per heavy atom. The van der Waals surface area contributed by atoms with Crippen LogP contribution in [-0.4, -0.2) is 24.5 Å². The molecule has 0 aliphatic carbocycles. The molecule has 1 heterocycles. The molecule has 1 saturated heterocycles. The van der Waals surface area contributed by atoms with Gasteiger partial charge >= 0.3 is 12.2 Å². The number of anilines is 2. The number of halogens is 4. The van der Waals surface area contributed by atoms with E-state index in [2.05, 4.69) is 10.6 Å². The predicted octanol–water partition coefficient (Wildman–Crippen LogP) is 4.59. The van der Waals surface area contributed by atoms with Crippen LogP contribution in [0.25, 0.3) is 0 Å². The number of amides is 3. The number of urea groups is 1. The zero-order valence-corrected chi connectivity index (χ0v) is 15.6. The van der Waals surface area contributed by atoms with E-state index in [0.29, 0.717) is 0 Å². The summed E-state index contributed by atoms with van der Waals surface area (Å²) in [7, 11) is 0. The lowest BCUT2D eigenvalue weighted by Gasteiger charge is -2.18. The van der Waals surface area contributed by atoms with Gasteiger partial charge in [-0.25, -0.2) is 4.79 Å². The molecule has 0 radical (unpaired) electrons. The molecule has 3 amide bonds. The molecule has 0 aromatic heterocycles. The zero-order valence-electron chi connectivity index (χ0n) is 14.8. The van der Waals surface area contributed by atoms with Crippen LogP contribution in [0.5, 0.6) is 0 Å². The van der Waals surface area contributed by atoms with Gasteiger partial charge in [-0.15, -0.1) is 0 Å². The fourth-order valence-corrected chi connectivity index (χ4v) is 3.08. The maximum absolute atomic E-state index is 12.8. The minimum atomic E-state index is -4.55. The van der Waals surface area contributed by atoms with Gasteiger partial charge in [-0.1, -0.05) is 29.3 Å². The number of aryl methyl sites for hydroxylation is 1. The number of hydrogen-bond donors (Lipinski definition) is 2. The van der Waals surface area contributed by atoms with E-state index < -0.39 is 23.8 Å². The summed E-state index contributed by atoms with van der Waals surface area (Å²) in [5.74, 6) is -0.147. The number of hydrogen-bond acceptors (Lipinski definition) is 2. The molecule has 1 aliphatic heterocycles. The number of nitrogens with one attached hydrogen (secondary N) is 2. The molecule has 1 atom stereocenters. The van der Waals surface area contributed by atoms with Crippen molar-refractivity contribution in [2.45, 2.75) is 25.6 Å². The first-order chi connectivity index (χ1) is 13.1. The average molecular weight is 412 g/mol. The smallest absolute Gasteiger partial charge is 0.333 e. The summed E-state index contributed by atoms with van der Waals surface area (Å²) < 4.78 is 38.5. The summed E-state index contributed by atoms with van der Waals surface area (Å²) in [5.41, 5.74) is 0.700. The molecule has 148 valence electrons. The lowest BCUT2D eigenvalue weighted by atomic mass is 10.2. The maximum Gasteiger partial charge on any atom is 0.416 e. The zero-order chi connectivity index (χ0) is 20.5. The van der Waals surface area contributed by atoms with Crippen molar-refractivity contribution < 1.29 is 22.8 Å². The number of carbonyl (C=O) groups is 2. The minimum Gasteiger partial charge on any atom is -0.333 e. The van der Waals surface area contributed by atoms with Crippen LogP contribution in [0, 0.1) is 6.92 Å². The van der Waals surface area contributed by atoms with Crippen LogP contribution in [0.3, 0.4) is 0 Å². The molecule has 5 nitrogen and oxygen atoms in total. The highest BCUT2D eigenvalue weighted by atomic mass is 35.5. The van der Waals surface area contributed by atoms with Gasteiger partial charge in [0.25, 0.3) is 0 Å². The Morgan fingerprint density at radius 3 is 2.50 bits per heavy atom. The molecule has 0 spiro atoms. The van der Waals surface area contributed by atoms with Gasteiger partial charge in [0.2, 0.25) is 5.91 Å². The summed E-state index contributed by atoms with van der Waals surface area (Å²) in [5, 5.41) is 4.90. The maximum atomic E-state index is 12.8. The van der Waals surface area contributed by atoms with Gasteiger partial charge in [0.05, 0.1) is 22.3 Å². The van der Waals surface area contributed by atoms with E-state index in [-0.39, 0.29) is 29.6 Å². The van der Waals surface area contributed by atoms with Crippen LogP contribution < -0.4 is 15.5 Å². The second kappa shape index (κ2) is 7.71. The van der Waals surface area contributed by atoms with Gasteiger partial charge in [0, 0.05) is 18.7 Å². The highest BCUT2D eigenvalue weighted by Crippen LogP contribution is 2.33. The van der Waals surface area contributed by atoms with Crippen LogP contribution in [-0.2, 0) is 11.0 Å². The van der Waals surface area contributed by atoms with Crippen molar-refractivity contribution in [1.29, 1.82) is 0 Å². The number of rotatable bonds is 3. The predicted molar refractivity (Wildman–Crippen MR) is 101 cm³/mol.